The summed E-state index contributed by atoms with van der Waals surface area (Å²) in [6, 6.07) is 4.92. The molecule has 0 saturated carbocycles. The fourth-order valence-corrected chi connectivity index (χ4v) is 3.04. The first-order valence-corrected chi connectivity index (χ1v) is 7.37. The summed E-state index contributed by atoms with van der Waals surface area (Å²) in [7, 11) is 0. The summed E-state index contributed by atoms with van der Waals surface area (Å²) in [5.41, 5.74) is 6.94. The molecule has 1 unspecified atom stereocenters. The summed E-state index contributed by atoms with van der Waals surface area (Å²) in [6.45, 7) is 8.12. The van der Waals surface area contributed by atoms with Crippen LogP contribution in [0.4, 0.5) is 10.1 Å². The molecule has 0 aromatic heterocycles. The van der Waals surface area contributed by atoms with Gasteiger partial charge in [-0.15, -0.1) is 0 Å². The zero-order valence-corrected chi connectivity index (χ0v) is 12.6. The van der Waals surface area contributed by atoms with E-state index in [1.54, 1.807) is 6.07 Å². The fourth-order valence-electron chi connectivity index (χ4n) is 3.04. The first-order chi connectivity index (χ1) is 10.1. The number of hydrogen-bond acceptors (Lipinski definition) is 4. The Balaban J connectivity index is 2.24. The molecule has 0 bridgehead atoms. The van der Waals surface area contributed by atoms with E-state index in [1.165, 1.54) is 12.1 Å². The van der Waals surface area contributed by atoms with Gasteiger partial charge in [-0.25, -0.2) is 4.39 Å². The number of oxime groups is 1. The van der Waals surface area contributed by atoms with Gasteiger partial charge < -0.3 is 15.8 Å². The smallest absolute Gasteiger partial charge is 0.172 e. The number of nitrogens with two attached hydrogens (primary N) is 1. The van der Waals surface area contributed by atoms with Crippen molar-refractivity contribution in [2.24, 2.45) is 10.9 Å². The molecule has 2 rings (SSSR count). The summed E-state index contributed by atoms with van der Waals surface area (Å²) in [5, 5.41) is 11.9. The lowest BCUT2D eigenvalue weighted by Gasteiger charge is -2.27. The lowest BCUT2D eigenvalue weighted by atomic mass is 10.1. The highest BCUT2D eigenvalue weighted by molar-refractivity contribution is 6.02. The van der Waals surface area contributed by atoms with Gasteiger partial charge in [-0.2, -0.15) is 0 Å². The summed E-state index contributed by atoms with van der Waals surface area (Å²) in [5.74, 6) is -0.448. The highest BCUT2D eigenvalue weighted by Crippen LogP contribution is 2.27. The third-order valence-electron chi connectivity index (χ3n) is 4.18. The summed E-state index contributed by atoms with van der Waals surface area (Å²) in [4.78, 5) is 4.60. The van der Waals surface area contributed by atoms with E-state index in [-0.39, 0.29) is 11.7 Å². The lowest BCUT2D eigenvalue weighted by Crippen LogP contribution is -2.37. The molecule has 6 heteroatoms. The monoisotopic (exact) mass is 294 g/mol. The topological polar surface area (TPSA) is 65.1 Å². The van der Waals surface area contributed by atoms with Crippen molar-refractivity contribution < 1.29 is 9.60 Å². The van der Waals surface area contributed by atoms with Crippen molar-refractivity contribution in [3.05, 3.63) is 29.6 Å². The van der Waals surface area contributed by atoms with Gasteiger partial charge in [0.15, 0.2) is 5.84 Å². The Labute approximate surface area is 124 Å². The van der Waals surface area contributed by atoms with Crippen molar-refractivity contribution in [2.45, 2.75) is 26.3 Å². The summed E-state index contributed by atoms with van der Waals surface area (Å²) < 4.78 is 13.4. The molecule has 1 fully saturated rings. The van der Waals surface area contributed by atoms with Crippen LogP contribution in [0, 0.1) is 5.82 Å². The summed E-state index contributed by atoms with van der Waals surface area (Å²) >= 11 is 0. The van der Waals surface area contributed by atoms with Crippen molar-refractivity contribution in [1.29, 1.82) is 0 Å². The van der Waals surface area contributed by atoms with Crippen LogP contribution >= 0.6 is 0 Å². The molecule has 1 aromatic rings. The van der Waals surface area contributed by atoms with Crippen LogP contribution in [0.3, 0.4) is 0 Å². The van der Waals surface area contributed by atoms with E-state index in [0.717, 1.165) is 38.3 Å². The highest BCUT2D eigenvalue weighted by Gasteiger charge is 2.28. The third-order valence-corrected chi connectivity index (χ3v) is 4.18. The third kappa shape index (κ3) is 3.26. The second kappa shape index (κ2) is 6.76. The molecule has 0 aliphatic carbocycles. The second-order valence-corrected chi connectivity index (χ2v) is 5.26. The van der Waals surface area contributed by atoms with Crippen molar-refractivity contribution >= 4 is 11.5 Å². The quantitative estimate of drug-likeness (QED) is 0.376. The number of rotatable bonds is 5. The number of likely N-dealkylation sites (N-methyl/N-ethyl adjacent to an activating group) is 1. The molecule has 1 heterocycles. The Kier molecular flexibility index (Phi) is 5.01. The van der Waals surface area contributed by atoms with Crippen molar-refractivity contribution in [2.75, 3.05) is 31.1 Å². The van der Waals surface area contributed by atoms with Crippen molar-refractivity contribution in [3.63, 3.8) is 0 Å². The molecule has 3 N–H and O–H groups in total. The number of anilines is 1. The van der Waals surface area contributed by atoms with Gasteiger partial charge in [0.05, 0.1) is 0 Å². The number of hydrogen-bond donors (Lipinski definition) is 2. The molecule has 116 valence electrons. The van der Waals surface area contributed by atoms with Gasteiger partial charge in [0.25, 0.3) is 0 Å². The second-order valence-electron chi connectivity index (χ2n) is 5.26. The molecule has 0 radical (unpaired) electrons. The number of halogens is 1. The Bertz CT molecular complexity index is 516. The van der Waals surface area contributed by atoms with Crippen LogP contribution in [0.2, 0.25) is 0 Å². The zero-order valence-electron chi connectivity index (χ0n) is 12.6. The van der Waals surface area contributed by atoms with E-state index in [1.807, 2.05) is 0 Å². The maximum Gasteiger partial charge on any atom is 0.172 e. The minimum absolute atomic E-state index is 0.0595. The average Bonchev–Trinajstić information content (AvgIpc) is 2.97. The van der Waals surface area contributed by atoms with Gasteiger partial charge in [-0.3, -0.25) is 4.90 Å². The first kappa shape index (κ1) is 15.6. The Hall–Kier alpha value is -1.82. The Morgan fingerprint density at radius 2 is 2.19 bits per heavy atom. The highest BCUT2D eigenvalue weighted by atomic mass is 19.1. The van der Waals surface area contributed by atoms with Crippen LogP contribution in [0.5, 0.6) is 0 Å². The van der Waals surface area contributed by atoms with Gasteiger partial charge in [0.1, 0.15) is 5.82 Å². The van der Waals surface area contributed by atoms with Crippen LogP contribution in [-0.4, -0.2) is 48.2 Å². The standard InChI is InChI=1S/C15H23FN4O/c1-3-19(4-2)12-7-8-20(10-12)14-6-5-11(16)9-13(14)15(17)18-21/h5-6,9,12,21H,3-4,7-8,10H2,1-2H3,(H2,17,18). The summed E-state index contributed by atoms with van der Waals surface area (Å²) in [6.07, 6.45) is 1.06. The van der Waals surface area contributed by atoms with E-state index < -0.39 is 0 Å². The molecule has 1 atom stereocenters. The lowest BCUT2D eigenvalue weighted by molar-refractivity contribution is 0.232. The molecule has 0 amide bonds. The molecular weight excluding hydrogens is 271 g/mol. The Morgan fingerprint density at radius 3 is 2.81 bits per heavy atom. The van der Waals surface area contributed by atoms with E-state index in [0.29, 0.717) is 11.6 Å². The first-order valence-electron chi connectivity index (χ1n) is 7.37. The average molecular weight is 294 g/mol. The number of nitrogens with zero attached hydrogens (tertiary/aromatic N) is 3. The van der Waals surface area contributed by atoms with Gasteiger partial charge in [-0.05, 0) is 37.7 Å². The van der Waals surface area contributed by atoms with Crippen molar-refractivity contribution in [3.8, 4) is 0 Å². The van der Waals surface area contributed by atoms with Gasteiger partial charge >= 0.3 is 0 Å². The van der Waals surface area contributed by atoms with Gasteiger partial charge in [-0.1, -0.05) is 19.0 Å². The largest absolute Gasteiger partial charge is 0.409 e. The number of amidine groups is 1. The minimum atomic E-state index is -0.389. The number of benzene rings is 1. The molecular formula is C15H23FN4O. The van der Waals surface area contributed by atoms with E-state index in [9.17, 15) is 4.39 Å². The molecule has 1 aliphatic heterocycles. The molecule has 1 aliphatic rings. The SMILES string of the molecule is CCN(CC)C1CCN(c2ccc(F)cc2C(N)=NO)C1. The zero-order chi connectivity index (χ0) is 15.4. The van der Waals surface area contributed by atoms with Crippen LogP contribution in [0.1, 0.15) is 25.8 Å². The maximum atomic E-state index is 13.4. The molecule has 21 heavy (non-hydrogen) atoms. The normalized spacial score (nSPS) is 19.5. The molecule has 1 saturated heterocycles. The van der Waals surface area contributed by atoms with Crippen molar-refractivity contribution in [1.82, 2.24) is 4.90 Å². The van der Waals surface area contributed by atoms with E-state index in [2.05, 4.69) is 28.8 Å². The molecule has 5 nitrogen and oxygen atoms in total. The maximum absolute atomic E-state index is 13.4. The van der Waals surface area contributed by atoms with Gasteiger partial charge in [0.2, 0.25) is 0 Å². The Morgan fingerprint density at radius 1 is 1.48 bits per heavy atom. The van der Waals surface area contributed by atoms with Crippen LogP contribution < -0.4 is 10.6 Å². The van der Waals surface area contributed by atoms with E-state index in [4.69, 9.17) is 10.9 Å². The van der Waals surface area contributed by atoms with E-state index >= 15 is 0 Å². The predicted octanol–water partition coefficient (Wildman–Crippen LogP) is 1.84. The van der Waals surface area contributed by atoms with Gasteiger partial charge in [0, 0.05) is 30.4 Å². The molecule has 1 aromatic carbocycles. The van der Waals surface area contributed by atoms with Crippen LogP contribution in [0.15, 0.2) is 23.4 Å². The van der Waals surface area contributed by atoms with Crippen LogP contribution in [-0.2, 0) is 0 Å². The van der Waals surface area contributed by atoms with Crippen LogP contribution in [0.25, 0.3) is 0 Å². The molecule has 0 spiro atoms. The minimum Gasteiger partial charge on any atom is -0.409 e. The predicted molar refractivity (Wildman–Crippen MR) is 82.4 cm³/mol. The fraction of sp³-hybridized carbons (Fsp3) is 0.533.